The molecule has 0 radical (unpaired) electrons. The average molecular weight is 252 g/mol. The number of carbonyl (C=O) groups excluding carboxylic acids is 1. The van der Waals surface area contributed by atoms with Gasteiger partial charge in [-0.1, -0.05) is 13.0 Å². The molecule has 0 aromatic heterocycles. The molecule has 3 nitrogen and oxygen atoms in total. The minimum Gasteiger partial charge on any atom is -0.469 e. The molecule has 0 saturated carbocycles. The Balaban J connectivity index is 3.20. The molecule has 1 rings (SSSR count). The SMILES string of the molecule is CCc1cc(C#N)c(CCl)cc1CC(=O)OC. The van der Waals surface area contributed by atoms with Crippen molar-refractivity contribution in [3.63, 3.8) is 0 Å². The van der Waals surface area contributed by atoms with Crippen LogP contribution in [0.25, 0.3) is 0 Å². The lowest BCUT2D eigenvalue weighted by Gasteiger charge is -2.10. The topological polar surface area (TPSA) is 50.1 Å². The molecule has 0 atom stereocenters. The van der Waals surface area contributed by atoms with Gasteiger partial charge in [0, 0.05) is 5.88 Å². The zero-order chi connectivity index (χ0) is 12.8. The number of nitriles is 1. The zero-order valence-corrected chi connectivity index (χ0v) is 10.7. The predicted octanol–water partition coefficient (Wildman–Crippen LogP) is 2.57. The fourth-order valence-corrected chi connectivity index (χ4v) is 1.90. The van der Waals surface area contributed by atoms with Crippen LogP contribution in [-0.2, 0) is 28.3 Å². The van der Waals surface area contributed by atoms with Gasteiger partial charge >= 0.3 is 5.97 Å². The first-order chi connectivity index (χ1) is 8.15. The number of hydrogen-bond acceptors (Lipinski definition) is 3. The van der Waals surface area contributed by atoms with Gasteiger partial charge in [0.15, 0.2) is 0 Å². The van der Waals surface area contributed by atoms with E-state index in [1.807, 2.05) is 13.0 Å². The third-order valence-electron chi connectivity index (χ3n) is 2.63. The molecule has 0 aliphatic carbocycles. The van der Waals surface area contributed by atoms with Crippen LogP contribution >= 0.6 is 11.6 Å². The van der Waals surface area contributed by atoms with Gasteiger partial charge < -0.3 is 4.74 Å². The quantitative estimate of drug-likeness (QED) is 0.610. The molecule has 17 heavy (non-hydrogen) atoms. The summed E-state index contributed by atoms with van der Waals surface area (Å²) in [4.78, 5) is 11.3. The van der Waals surface area contributed by atoms with Crippen LogP contribution in [0.3, 0.4) is 0 Å². The van der Waals surface area contributed by atoms with Crippen molar-refractivity contribution >= 4 is 17.6 Å². The van der Waals surface area contributed by atoms with Crippen molar-refractivity contribution in [2.45, 2.75) is 25.6 Å². The summed E-state index contributed by atoms with van der Waals surface area (Å²) in [6, 6.07) is 5.74. The van der Waals surface area contributed by atoms with Gasteiger partial charge in [-0.15, -0.1) is 11.6 Å². The van der Waals surface area contributed by atoms with Gasteiger partial charge in [-0.25, -0.2) is 0 Å². The summed E-state index contributed by atoms with van der Waals surface area (Å²) in [5.41, 5.74) is 3.20. The standard InChI is InChI=1S/C13H14ClNO2/c1-3-9-4-12(8-15)11(7-14)5-10(9)6-13(16)17-2/h4-5H,3,6-7H2,1-2H3. The smallest absolute Gasteiger partial charge is 0.309 e. The third kappa shape index (κ3) is 3.21. The maximum atomic E-state index is 11.3. The van der Waals surface area contributed by atoms with Gasteiger partial charge in [-0.05, 0) is 29.2 Å². The van der Waals surface area contributed by atoms with Gasteiger partial charge in [0.1, 0.15) is 0 Å². The highest BCUT2D eigenvalue weighted by atomic mass is 35.5. The lowest BCUT2D eigenvalue weighted by molar-refractivity contribution is -0.139. The molecule has 0 heterocycles. The second-order valence-corrected chi connectivity index (χ2v) is 3.90. The van der Waals surface area contributed by atoms with Crippen LogP contribution in [0.2, 0.25) is 0 Å². The Labute approximate surface area is 106 Å². The van der Waals surface area contributed by atoms with Crippen molar-refractivity contribution in [1.82, 2.24) is 0 Å². The Kier molecular flexibility index (Phi) is 4.99. The van der Waals surface area contributed by atoms with Crippen LogP contribution < -0.4 is 0 Å². The summed E-state index contributed by atoms with van der Waals surface area (Å²) in [5, 5.41) is 8.99. The lowest BCUT2D eigenvalue weighted by Crippen LogP contribution is -2.08. The number of methoxy groups -OCH3 is 1. The zero-order valence-electron chi connectivity index (χ0n) is 9.92. The van der Waals surface area contributed by atoms with E-state index < -0.39 is 0 Å². The van der Waals surface area contributed by atoms with E-state index in [9.17, 15) is 4.79 Å². The van der Waals surface area contributed by atoms with E-state index in [-0.39, 0.29) is 18.3 Å². The first-order valence-electron chi connectivity index (χ1n) is 5.33. The molecule has 0 amide bonds. The van der Waals surface area contributed by atoms with E-state index in [2.05, 4.69) is 10.8 Å². The fraction of sp³-hybridized carbons (Fsp3) is 0.385. The van der Waals surface area contributed by atoms with Crippen LogP contribution in [0.15, 0.2) is 12.1 Å². The molecule has 4 heteroatoms. The van der Waals surface area contributed by atoms with Crippen molar-refractivity contribution in [3.8, 4) is 6.07 Å². The summed E-state index contributed by atoms with van der Waals surface area (Å²) in [5.74, 6) is -0.0222. The monoisotopic (exact) mass is 251 g/mol. The summed E-state index contributed by atoms with van der Waals surface area (Å²) in [6.45, 7) is 1.98. The highest BCUT2D eigenvalue weighted by molar-refractivity contribution is 6.17. The molecule has 0 aliphatic heterocycles. The average Bonchev–Trinajstić information content (AvgIpc) is 2.37. The number of rotatable bonds is 4. The molecule has 90 valence electrons. The lowest BCUT2D eigenvalue weighted by atomic mass is 9.96. The number of hydrogen-bond donors (Lipinski definition) is 0. The van der Waals surface area contributed by atoms with Gasteiger partial charge in [0.25, 0.3) is 0 Å². The first kappa shape index (κ1) is 13.5. The number of carbonyl (C=O) groups is 1. The number of alkyl halides is 1. The highest BCUT2D eigenvalue weighted by Crippen LogP contribution is 2.20. The molecule has 0 unspecified atom stereocenters. The summed E-state index contributed by atoms with van der Waals surface area (Å²) in [7, 11) is 1.36. The van der Waals surface area contributed by atoms with Crippen molar-refractivity contribution < 1.29 is 9.53 Å². The Hall–Kier alpha value is -1.53. The van der Waals surface area contributed by atoms with E-state index in [1.54, 1.807) is 6.07 Å². The van der Waals surface area contributed by atoms with Crippen LogP contribution in [-0.4, -0.2) is 13.1 Å². The maximum absolute atomic E-state index is 11.3. The number of benzene rings is 1. The largest absolute Gasteiger partial charge is 0.469 e. The van der Waals surface area contributed by atoms with Gasteiger partial charge in [-0.3, -0.25) is 4.79 Å². The Morgan fingerprint density at radius 3 is 2.59 bits per heavy atom. The molecule has 0 saturated heterocycles. The van der Waals surface area contributed by atoms with E-state index in [4.69, 9.17) is 16.9 Å². The molecule has 0 spiro atoms. The van der Waals surface area contributed by atoms with E-state index in [0.29, 0.717) is 5.56 Å². The minimum atomic E-state index is -0.287. The number of ether oxygens (including phenoxy) is 1. The maximum Gasteiger partial charge on any atom is 0.309 e. The second-order valence-electron chi connectivity index (χ2n) is 3.63. The van der Waals surface area contributed by atoms with E-state index >= 15 is 0 Å². The Bertz CT molecular complexity index is 463. The molecular weight excluding hydrogens is 238 g/mol. The predicted molar refractivity (Wildman–Crippen MR) is 65.8 cm³/mol. The molecule has 1 aromatic carbocycles. The number of esters is 1. The summed E-state index contributed by atoms with van der Waals surface area (Å²) < 4.78 is 4.65. The number of aryl methyl sites for hydroxylation is 1. The molecular formula is C13H14ClNO2. The highest BCUT2D eigenvalue weighted by Gasteiger charge is 2.11. The van der Waals surface area contributed by atoms with E-state index in [1.165, 1.54) is 7.11 Å². The van der Waals surface area contributed by atoms with Gasteiger partial charge in [0.2, 0.25) is 0 Å². The number of halogens is 1. The van der Waals surface area contributed by atoms with Gasteiger partial charge in [-0.2, -0.15) is 5.26 Å². The van der Waals surface area contributed by atoms with Crippen LogP contribution in [0, 0.1) is 11.3 Å². The van der Waals surface area contributed by atoms with Crippen molar-refractivity contribution in [3.05, 3.63) is 34.4 Å². The Morgan fingerprint density at radius 2 is 2.12 bits per heavy atom. The first-order valence-corrected chi connectivity index (χ1v) is 5.87. The fourth-order valence-electron chi connectivity index (χ4n) is 1.68. The second kappa shape index (κ2) is 6.27. The summed E-state index contributed by atoms with van der Waals surface area (Å²) >= 11 is 5.78. The van der Waals surface area contributed by atoms with Crippen LogP contribution in [0.1, 0.15) is 29.2 Å². The molecule has 0 bridgehead atoms. The van der Waals surface area contributed by atoms with Crippen LogP contribution in [0.5, 0.6) is 0 Å². The minimum absolute atomic E-state index is 0.218. The molecule has 1 aromatic rings. The third-order valence-corrected chi connectivity index (χ3v) is 2.92. The normalized spacial score (nSPS) is 9.76. The Morgan fingerprint density at radius 1 is 1.41 bits per heavy atom. The van der Waals surface area contributed by atoms with Crippen molar-refractivity contribution in [1.29, 1.82) is 5.26 Å². The van der Waals surface area contributed by atoms with Crippen molar-refractivity contribution in [2.75, 3.05) is 7.11 Å². The van der Waals surface area contributed by atoms with E-state index in [0.717, 1.165) is 23.1 Å². The number of nitrogens with zero attached hydrogens (tertiary/aromatic N) is 1. The molecule has 0 aliphatic rings. The van der Waals surface area contributed by atoms with Crippen LogP contribution in [0.4, 0.5) is 0 Å². The molecule has 0 N–H and O–H groups in total. The molecule has 0 fully saturated rings. The van der Waals surface area contributed by atoms with Gasteiger partial charge in [0.05, 0.1) is 25.2 Å². The summed E-state index contributed by atoms with van der Waals surface area (Å²) in [6.07, 6.45) is 0.985. The van der Waals surface area contributed by atoms with Crippen molar-refractivity contribution in [2.24, 2.45) is 0 Å².